The molecule has 2 aromatic rings. The van der Waals surface area contributed by atoms with Crippen molar-refractivity contribution >= 4 is 31.5 Å². The fraction of sp³-hybridized carbons (Fsp3) is 0.526. The minimum absolute atomic E-state index is 0.0230. The van der Waals surface area contributed by atoms with Crippen LogP contribution in [0.15, 0.2) is 32.9 Å². The molecule has 0 unspecified atom stereocenters. The molecule has 2 heterocycles. The molecule has 1 fully saturated rings. The molecule has 1 aromatic carbocycles. The Kier molecular flexibility index (Phi) is 6.64. The van der Waals surface area contributed by atoms with Crippen molar-refractivity contribution in [3.63, 3.8) is 0 Å². The Balaban J connectivity index is 2.11. The highest BCUT2D eigenvalue weighted by Crippen LogP contribution is 2.33. The normalized spacial score (nSPS) is 16.3. The lowest BCUT2D eigenvalue weighted by molar-refractivity contribution is 0.0832. The number of hydrogen-bond acceptors (Lipinski definition) is 6. The van der Waals surface area contributed by atoms with E-state index in [0.717, 1.165) is 0 Å². The van der Waals surface area contributed by atoms with Crippen LogP contribution in [-0.4, -0.2) is 45.9 Å². The molecule has 166 valence electrons. The fourth-order valence-electron chi connectivity index (χ4n) is 3.52. The number of nitrogens with zero attached hydrogens (tertiary/aromatic N) is 2. The van der Waals surface area contributed by atoms with Crippen LogP contribution >= 0.6 is 11.6 Å². The third kappa shape index (κ3) is 4.43. The molecule has 0 atom stereocenters. The van der Waals surface area contributed by atoms with Crippen LogP contribution in [0.25, 0.3) is 0 Å². The Bertz CT molecular complexity index is 1150. The van der Waals surface area contributed by atoms with Crippen LogP contribution in [0.1, 0.15) is 43.9 Å². The number of nitrogens with one attached hydrogen (secondary N) is 1. The summed E-state index contributed by atoms with van der Waals surface area (Å²) in [4.78, 5) is -0.301. The predicted molar refractivity (Wildman–Crippen MR) is 113 cm³/mol. The van der Waals surface area contributed by atoms with Gasteiger partial charge in [-0.1, -0.05) is 31.5 Å². The second-order valence-electron chi connectivity index (χ2n) is 7.69. The number of sulfone groups is 1. The van der Waals surface area contributed by atoms with Gasteiger partial charge in [-0.2, -0.15) is 5.10 Å². The Morgan fingerprint density at radius 2 is 1.83 bits per heavy atom. The number of hydrogen-bond donors (Lipinski definition) is 1. The van der Waals surface area contributed by atoms with Gasteiger partial charge in [-0.25, -0.2) is 21.6 Å². The standard InChI is InChI=1S/C19H26ClN3O5S2/c1-12(2)16-6-5-15(29(24,25)18-13(3)21-23(4)19(18)20)11-17(16)30(26,27)22-14-7-9-28-10-8-14/h5-6,11-12,14,22H,7-10H2,1-4H3. The third-order valence-corrected chi connectivity index (χ3v) is 9.14. The molecule has 1 aliphatic rings. The molecule has 0 saturated carbocycles. The SMILES string of the molecule is Cc1nn(C)c(Cl)c1S(=O)(=O)c1ccc(C(C)C)c(S(=O)(=O)NC2CCOCC2)c1. The zero-order valence-electron chi connectivity index (χ0n) is 17.3. The first-order chi connectivity index (χ1) is 13.9. The van der Waals surface area contributed by atoms with E-state index >= 15 is 0 Å². The van der Waals surface area contributed by atoms with Crippen LogP contribution in [0.5, 0.6) is 0 Å². The fourth-order valence-corrected chi connectivity index (χ4v) is 7.31. The molecule has 3 rings (SSSR count). The molecule has 1 aliphatic heterocycles. The van der Waals surface area contributed by atoms with E-state index < -0.39 is 19.9 Å². The van der Waals surface area contributed by atoms with Crippen molar-refractivity contribution in [2.24, 2.45) is 7.05 Å². The molecule has 1 N–H and O–H groups in total. The van der Waals surface area contributed by atoms with Crippen LogP contribution in [-0.2, 0) is 31.6 Å². The van der Waals surface area contributed by atoms with Gasteiger partial charge >= 0.3 is 0 Å². The van der Waals surface area contributed by atoms with Gasteiger partial charge < -0.3 is 4.74 Å². The van der Waals surface area contributed by atoms with E-state index in [9.17, 15) is 16.8 Å². The molecule has 0 spiro atoms. The second-order valence-corrected chi connectivity index (χ2v) is 11.6. The van der Waals surface area contributed by atoms with Crippen molar-refractivity contribution in [2.75, 3.05) is 13.2 Å². The molecule has 30 heavy (non-hydrogen) atoms. The van der Waals surface area contributed by atoms with Crippen molar-refractivity contribution in [1.29, 1.82) is 0 Å². The van der Waals surface area contributed by atoms with Gasteiger partial charge in [0.1, 0.15) is 10.0 Å². The van der Waals surface area contributed by atoms with Gasteiger partial charge in [-0.3, -0.25) is 4.68 Å². The largest absolute Gasteiger partial charge is 0.381 e. The quantitative estimate of drug-likeness (QED) is 0.688. The van der Waals surface area contributed by atoms with E-state index in [1.54, 1.807) is 20.0 Å². The lowest BCUT2D eigenvalue weighted by atomic mass is 10.0. The molecular formula is C19H26ClN3O5S2. The number of benzene rings is 1. The second kappa shape index (κ2) is 8.58. The van der Waals surface area contributed by atoms with Gasteiger partial charge in [0.25, 0.3) is 0 Å². The van der Waals surface area contributed by atoms with E-state index in [1.165, 1.54) is 16.8 Å². The molecule has 1 saturated heterocycles. The maximum absolute atomic E-state index is 13.3. The number of halogens is 1. The average Bonchev–Trinajstić information content (AvgIpc) is 2.93. The summed E-state index contributed by atoms with van der Waals surface area (Å²) in [5, 5.41) is 4.04. The van der Waals surface area contributed by atoms with Crippen LogP contribution in [0.3, 0.4) is 0 Å². The summed E-state index contributed by atoms with van der Waals surface area (Å²) in [7, 11) is -6.46. The Morgan fingerprint density at radius 3 is 2.37 bits per heavy atom. The summed E-state index contributed by atoms with van der Waals surface area (Å²) in [6, 6.07) is 3.94. The molecule has 8 nitrogen and oxygen atoms in total. The van der Waals surface area contributed by atoms with Crippen LogP contribution in [0.2, 0.25) is 5.15 Å². The van der Waals surface area contributed by atoms with Gasteiger partial charge in [0.05, 0.1) is 15.5 Å². The molecular weight excluding hydrogens is 450 g/mol. The summed E-state index contributed by atoms with van der Waals surface area (Å²) in [6.07, 6.45) is 1.14. The van der Waals surface area contributed by atoms with Crippen LogP contribution < -0.4 is 4.72 Å². The highest BCUT2D eigenvalue weighted by molar-refractivity contribution is 7.92. The van der Waals surface area contributed by atoms with Crippen molar-refractivity contribution in [2.45, 2.75) is 60.3 Å². The van der Waals surface area contributed by atoms with Gasteiger partial charge in [0.2, 0.25) is 19.9 Å². The van der Waals surface area contributed by atoms with Crippen molar-refractivity contribution in [1.82, 2.24) is 14.5 Å². The summed E-state index contributed by atoms with van der Waals surface area (Å²) < 4.78 is 62.2. The van der Waals surface area contributed by atoms with E-state index in [2.05, 4.69) is 9.82 Å². The summed E-state index contributed by atoms with van der Waals surface area (Å²) in [6.45, 7) is 6.23. The molecule has 1 aromatic heterocycles. The van der Waals surface area contributed by atoms with Crippen LogP contribution in [0, 0.1) is 6.92 Å². The Labute approximate surface area is 182 Å². The van der Waals surface area contributed by atoms with E-state index in [0.29, 0.717) is 31.6 Å². The minimum Gasteiger partial charge on any atom is -0.381 e. The zero-order valence-corrected chi connectivity index (χ0v) is 19.7. The van der Waals surface area contributed by atoms with Crippen molar-refractivity contribution < 1.29 is 21.6 Å². The molecule has 0 bridgehead atoms. The first-order valence-corrected chi connectivity index (χ1v) is 13.0. The van der Waals surface area contributed by atoms with Crippen molar-refractivity contribution in [3.8, 4) is 0 Å². The maximum atomic E-state index is 13.3. The summed E-state index contributed by atoms with van der Waals surface area (Å²) >= 11 is 6.17. The lowest BCUT2D eigenvalue weighted by Crippen LogP contribution is -2.39. The smallest absolute Gasteiger partial charge is 0.241 e. The average molecular weight is 476 g/mol. The third-order valence-electron chi connectivity index (χ3n) is 5.12. The number of ether oxygens (including phenoxy) is 1. The van der Waals surface area contributed by atoms with Crippen molar-refractivity contribution in [3.05, 3.63) is 34.6 Å². The Morgan fingerprint density at radius 1 is 1.20 bits per heavy atom. The number of sulfonamides is 1. The summed E-state index contributed by atoms with van der Waals surface area (Å²) in [5.41, 5.74) is 0.794. The van der Waals surface area contributed by atoms with Gasteiger partial charge in [-0.05, 0) is 43.4 Å². The number of aryl methyl sites for hydroxylation is 2. The monoisotopic (exact) mass is 475 g/mol. The number of aromatic nitrogens is 2. The van der Waals surface area contributed by atoms with Gasteiger partial charge in [0.15, 0.2) is 0 Å². The zero-order chi connectivity index (χ0) is 22.3. The van der Waals surface area contributed by atoms with Gasteiger partial charge in [-0.15, -0.1) is 0 Å². The molecule has 11 heteroatoms. The van der Waals surface area contributed by atoms with E-state index in [1.807, 2.05) is 13.8 Å². The summed E-state index contributed by atoms with van der Waals surface area (Å²) in [5.74, 6) is -0.119. The van der Waals surface area contributed by atoms with Gasteiger partial charge in [0, 0.05) is 26.3 Å². The highest BCUT2D eigenvalue weighted by atomic mass is 35.5. The first kappa shape index (κ1) is 23.2. The maximum Gasteiger partial charge on any atom is 0.241 e. The molecule has 0 radical (unpaired) electrons. The van der Waals surface area contributed by atoms with Crippen LogP contribution in [0.4, 0.5) is 0 Å². The molecule has 0 amide bonds. The Hall–Kier alpha value is -1.46. The van der Waals surface area contributed by atoms with E-state index in [-0.39, 0.29) is 37.5 Å². The topological polar surface area (TPSA) is 107 Å². The highest BCUT2D eigenvalue weighted by Gasteiger charge is 2.31. The lowest BCUT2D eigenvalue weighted by Gasteiger charge is -2.24. The first-order valence-electron chi connectivity index (χ1n) is 9.63. The molecule has 0 aliphatic carbocycles. The number of rotatable bonds is 6. The minimum atomic E-state index is -4.07. The predicted octanol–water partition coefficient (Wildman–Crippen LogP) is 2.80. The van der Waals surface area contributed by atoms with E-state index in [4.69, 9.17) is 16.3 Å².